The first-order chi connectivity index (χ1) is 12.0. The van der Waals surface area contributed by atoms with Crippen molar-refractivity contribution in [1.29, 1.82) is 0 Å². The van der Waals surface area contributed by atoms with Crippen molar-refractivity contribution in [2.24, 2.45) is 0 Å². The van der Waals surface area contributed by atoms with Gasteiger partial charge in [0.25, 0.3) is 0 Å². The number of phenols is 1. The van der Waals surface area contributed by atoms with Crippen LogP contribution in [0.1, 0.15) is 41.3 Å². The van der Waals surface area contributed by atoms with Crippen molar-refractivity contribution >= 4 is 5.78 Å². The maximum Gasteiger partial charge on any atom is 0.193 e. The molecule has 0 fully saturated rings. The number of carbonyl (C=O) groups excluding carboxylic acids is 1. The lowest BCUT2D eigenvalue weighted by molar-refractivity contribution is 0.103. The topological polar surface area (TPSA) is 46.5 Å². The van der Waals surface area contributed by atoms with E-state index in [1.54, 1.807) is 36.4 Å². The molecule has 0 aliphatic carbocycles. The molecule has 1 N–H and O–H groups in total. The highest BCUT2D eigenvalue weighted by atomic mass is 16.5. The fraction of sp³-hybridized carbons (Fsp3) is 0.136. The Labute approximate surface area is 147 Å². The van der Waals surface area contributed by atoms with Gasteiger partial charge in [-0.05, 0) is 72.1 Å². The van der Waals surface area contributed by atoms with E-state index in [2.05, 4.69) is 19.9 Å². The third kappa shape index (κ3) is 4.07. The van der Waals surface area contributed by atoms with E-state index in [-0.39, 0.29) is 11.5 Å². The molecule has 0 saturated heterocycles. The number of hydrogen-bond acceptors (Lipinski definition) is 3. The van der Waals surface area contributed by atoms with Crippen molar-refractivity contribution in [2.45, 2.75) is 19.8 Å². The van der Waals surface area contributed by atoms with Gasteiger partial charge in [0.2, 0.25) is 0 Å². The highest BCUT2D eigenvalue weighted by molar-refractivity contribution is 6.09. The molecule has 3 rings (SSSR count). The van der Waals surface area contributed by atoms with E-state index in [1.807, 2.05) is 18.2 Å². The Morgan fingerprint density at radius 1 is 0.840 bits per heavy atom. The second kappa shape index (κ2) is 7.22. The molecule has 0 spiro atoms. The van der Waals surface area contributed by atoms with E-state index in [9.17, 15) is 9.90 Å². The Bertz CT molecular complexity index is 863. The maximum absolute atomic E-state index is 12.4. The van der Waals surface area contributed by atoms with Crippen molar-refractivity contribution in [1.82, 2.24) is 0 Å². The molecule has 0 aliphatic rings. The Kier molecular flexibility index (Phi) is 4.85. The van der Waals surface area contributed by atoms with E-state index in [4.69, 9.17) is 4.74 Å². The van der Waals surface area contributed by atoms with Crippen LogP contribution < -0.4 is 4.74 Å². The Hall–Kier alpha value is -3.07. The summed E-state index contributed by atoms with van der Waals surface area (Å²) in [4.78, 5) is 12.4. The lowest BCUT2D eigenvalue weighted by atomic mass is 10.0. The number of carbonyl (C=O) groups is 1. The SMILES string of the molecule is CC(C)c1cccc(Oc2ccc(C(=O)c3ccc(O)cc3)cc2)c1. The largest absolute Gasteiger partial charge is 0.508 e. The van der Waals surface area contributed by atoms with Gasteiger partial charge in [0.1, 0.15) is 17.2 Å². The number of ketones is 1. The quantitative estimate of drug-likeness (QED) is 0.624. The molecule has 0 amide bonds. The van der Waals surface area contributed by atoms with Crippen LogP contribution in [0.3, 0.4) is 0 Å². The zero-order chi connectivity index (χ0) is 17.8. The number of rotatable bonds is 5. The molecule has 3 nitrogen and oxygen atoms in total. The maximum atomic E-state index is 12.4. The Morgan fingerprint density at radius 3 is 2.04 bits per heavy atom. The third-order valence-corrected chi connectivity index (χ3v) is 4.01. The predicted octanol–water partition coefficient (Wildman–Crippen LogP) is 5.54. The standard InChI is InChI=1S/C22H20O3/c1-15(2)18-4-3-5-21(14-18)25-20-12-8-17(9-13-20)22(24)16-6-10-19(23)11-7-16/h3-15,23H,1-2H3. The van der Waals surface area contributed by atoms with E-state index in [0.717, 1.165) is 5.75 Å². The van der Waals surface area contributed by atoms with Crippen molar-refractivity contribution in [3.63, 3.8) is 0 Å². The smallest absolute Gasteiger partial charge is 0.193 e. The molecule has 0 aliphatic heterocycles. The van der Waals surface area contributed by atoms with Crippen molar-refractivity contribution in [2.75, 3.05) is 0 Å². The van der Waals surface area contributed by atoms with Crippen molar-refractivity contribution < 1.29 is 14.6 Å². The van der Waals surface area contributed by atoms with Crippen LogP contribution >= 0.6 is 0 Å². The summed E-state index contributed by atoms with van der Waals surface area (Å²) in [6, 6.07) is 21.3. The summed E-state index contributed by atoms with van der Waals surface area (Å²) in [5.74, 6) is 1.96. The summed E-state index contributed by atoms with van der Waals surface area (Å²) in [5, 5.41) is 9.31. The van der Waals surface area contributed by atoms with Gasteiger partial charge in [-0.3, -0.25) is 4.79 Å². The van der Waals surface area contributed by atoms with E-state index >= 15 is 0 Å². The van der Waals surface area contributed by atoms with Crippen LogP contribution in [0.2, 0.25) is 0 Å². The minimum absolute atomic E-state index is 0.0895. The molecule has 126 valence electrons. The average Bonchev–Trinajstić information content (AvgIpc) is 2.63. The lowest BCUT2D eigenvalue weighted by Gasteiger charge is -2.10. The highest BCUT2D eigenvalue weighted by Crippen LogP contribution is 2.26. The molecule has 0 bridgehead atoms. The summed E-state index contributed by atoms with van der Waals surface area (Å²) in [7, 11) is 0. The molecule has 3 aromatic carbocycles. The molecule has 3 heteroatoms. The monoisotopic (exact) mass is 332 g/mol. The zero-order valence-electron chi connectivity index (χ0n) is 14.3. The number of aromatic hydroxyl groups is 1. The van der Waals surface area contributed by atoms with E-state index in [1.165, 1.54) is 17.7 Å². The number of ether oxygens (including phenoxy) is 1. The van der Waals surface area contributed by atoms with Crippen LogP contribution in [-0.2, 0) is 0 Å². The molecule has 0 radical (unpaired) electrons. The molecule has 0 unspecified atom stereocenters. The normalized spacial score (nSPS) is 10.7. The van der Waals surface area contributed by atoms with Gasteiger partial charge in [0.15, 0.2) is 5.78 Å². The van der Waals surface area contributed by atoms with Gasteiger partial charge < -0.3 is 9.84 Å². The second-order valence-corrected chi connectivity index (χ2v) is 6.23. The molecule has 0 heterocycles. The summed E-state index contributed by atoms with van der Waals surface area (Å²) in [6.45, 7) is 4.28. The van der Waals surface area contributed by atoms with Crippen LogP contribution in [0.5, 0.6) is 17.2 Å². The molecule has 3 aromatic rings. The van der Waals surface area contributed by atoms with Gasteiger partial charge in [0.05, 0.1) is 0 Å². The van der Waals surface area contributed by atoms with Crippen LogP contribution in [0, 0.1) is 0 Å². The second-order valence-electron chi connectivity index (χ2n) is 6.23. The zero-order valence-corrected chi connectivity index (χ0v) is 14.3. The van der Waals surface area contributed by atoms with Crippen LogP contribution in [0.4, 0.5) is 0 Å². The number of phenolic OH excluding ortho intramolecular Hbond substituents is 1. The van der Waals surface area contributed by atoms with Crippen LogP contribution in [0.25, 0.3) is 0 Å². The third-order valence-electron chi connectivity index (χ3n) is 4.01. The first-order valence-corrected chi connectivity index (χ1v) is 8.24. The van der Waals surface area contributed by atoms with Crippen molar-refractivity contribution in [3.8, 4) is 17.2 Å². The number of benzene rings is 3. The Morgan fingerprint density at radius 2 is 1.44 bits per heavy atom. The average molecular weight is 332 g/mol. The van der Waals surface area contributed by atoms with Gasteiger partial charge in [0, 0.05) is 11.1 Å². The molecule has 0 atom stereocenters. The molecule has 25 heavy (non-hydrogen) atoms. The first kappa shape index (κ1) is 16.8. The summed E-state index contributed by atoms with van der Waals surface area (Å²) in [5.41, 5.74) is 2.33. The first-order valence-electron chi connectivity index (χ1n) is 8.24. The fourth-order valence-electron chi connectivity index (χ4n) is 2.53. The predicted molar refractivity (Wildman–Crippen MR) is 98.6 cm³/mol. The van der Waals surface area contributed by atoms with Gasteiger partial charge in [-0.2, -0.15) is 0 Å². The highest BCUT2D eigenvalue weighted by Gasteiger charge is 2.09. The van der Waals surface area contributed by atoms with Gasteiger partial charge >= 0.3 is 0 Å². The van der Waals surface area contributed by atoms with Gasteiger partial charge in [-0.25, -0.2) is 0 Å². The molecule has 0 aromatic heterocycles. The van der Waals surface area contributed by atoms with Gasteiger partial charge in [-0.15, -0.1) is 0 Å². The van der Waals surface area contributed by atoms with Crippen LogP contribution in [-0.4, -0.2) is 10.9 Å². The van der Waals surface area contributed by atoms with Crippen LogP contribution in [0.15, 0.2) is 72.8 Å². The molecule has 0 saturated carbocycles. The molecular weight excluding hydrogens is 312 g/mol. The summed E-state index contributed by atoms with van der Waals surface area (Å²) in [6.07, 6.45) is 0. The summed E-state index contributed by atoms with van der Waals surface area (Å²) < 4.78 is 5.88. The summed E-state index contributed by atoms with van der Waals surface area (Å²) >= 11 is 0. The van der Waals surface area contributed by atoms with E-state index in [0.29, 0.717) is 22.8 Å². The van der Waals surface area contributed by atoms with E-state index < -0.39 is 0 Å². The molecular formula is C22H20O3. The Balaban J connectivity index is 1.75. The van der Waals surface area contributed by atoms with Gasteiger partial charge in [-0.1, -0.05) is 26.0 Å². The lowest BCUT2D eigenvalue weighted by Crippen LogP contribution is -2.00. The van der Waals surface area contributed by atoms with Crippen molar-refractivity contribution in [3.05, 3.63) is 89.5 Å². The minimum atomic E-state index is -0.0895. The minimum Gasteiger partial charge on any atom is -0.508 e. The number of hydrogen-bond donors (Lipinski definition) is 1. The fourth-order valence-corrected chi connectivity index (χ4v) is 2.53.